The van der Waals surface area contributed by atoms with Crippen LogP contribution in [-0.4, -0.2) is 11.9 Å². The van der Waals surface area contributed by atoms with Gasteiger partial charge in [-0.05, 0) is 23.3 Å². The van der Waals surface area contributed by atoms with Gasteiger partial charge in [0.1, 0.15) is 5.71 Å². The maximum Gasteiger partial charge on any atom is 0.101 e. The molecule has 1 heterocycles. The van der Waals surface area contributed by atoms with Crippen molar-refractivity contribution >= 4 is 34.9 Å². The number of hydrogen-bond donors (Lipinski definition) is 0. The van der Waals surface area contributed by atoms with Crippen molar-refractivity contribution in [2.24, 2.45) is 10.2 Å². The topological polar surface area (TPSA) is 24.7 Å². The molecule has 0 spiro atoms. The molecule has 1 aliphatic carbocycles. The van der Waals surface area contributed by atoms with E-state index in [1.165, 1.54) is 22.5 Å². The summed E-state index contributed by atoms with van der Waals surface area (Å²) in [4.78, 5) is 0.994. The van der Waals surface area contributed by atoms with Gasteiger partial charge in [0.25, 0.3) is 0 Å². The Bertz CT molecular complexity index is 861. The highest BCUT2D eigenvalue weighted by atomic mass is 35.5. The van der Waals surface area contributed by atoms with Crippen LogP contribution in [0.15, 0.2) is 70.9 Å². The molecular weight excluding hydrogens is 312 g/mol. The first-order valence-corrected chi connectivity index (χ1v) is 8.08. The van der Waals surface area contributed by atoms with Crippen molar-refractivity contribution in [1.29, 1.82) is 0 Å². The monoisotopic (exact) mass is 322 g/mol. The molecule has 106 valence electrons. The van der Waals surface area contributed by atoms with Crippen LogP contribution in [-0.2, 0) is 0 Å². The smallest absolute Gasteiger partial charge is 0.101 e. The fourth-order valence-electron chi connectivity index (χ4n) is 2.64. The number of nitrogens with zero attached hydrogens (tertiary/aromatic N) is 2. The molecule has 1 aliphatic rings. The van der Waals surface area contributed by atoms with Crippen LogP contribution in [0.3, 0.4) is 0 Å². The first-order valence-electron chi connectivity index (χ1n) is 6.88. The molecule has 0 aliphatic heterocycles. The molecule has 0 atom stereocenters. The van der Waals surface area contributed by atoms with Gasteiger partial charge in [0.05, 0.1) is 10.6 Å². The Hall–Kier alpha value is -2.23. The van der Waals surface area contributed by atoms with Crippen LogP contribution in [0, 0.1) is 0 Å². The summed E-state index contributed by atoms with van der Waals surface area (Å²) in [5.74, 6) is 0. The lowest BCUT2D eigenvalue weighted by atomic mass is 10.1. The van der Waals surface area contributed by atoms with Crippen LogP contribution in [0.4, 0.5) is 0 Å². The molecular formula is C18H11ClN2S. The van der Waals surface area contributed by atoms with E-state index in [0.29, 0.717) is 0 Å². The van der Waals surface area contributed by atoms with E-state index in [-0.39, 0.29) is 0 Å². The highest BCUT2D eigenvalue weighted by Crippen LogP contribution is 2.36. The van der Waals surface area contributed by atoms with Crippen molar-refractivity contribution in [3.05, 3.63) is 81.0 Å². The lowest BCUT2D eigenvalue weighted by Gasteiger charge is -1.97. The number of benzene rings is 2. The number of fused-ring (bicyclic) bond motifs is 3. The maximum atomic E-state index is 5.92. The molecule has 0 fully saturated rings. The summed E-state index contributed by atoms with van der Waals surface area (Å²) in [7, 11) is 0. The first kappa shape index (κ1) is 13.4. The second kappa shape index (κ2) is 5.52. The maximum absolute atomic E-state index is 5.92. The summed E-state index contributed by atoms with van der Waals surface area (Å²) in [5.41, 5.74) is 5.61. The van der Waals surface area contributed by atoms with E-state index >= 15 is 0 Å². The number of rotatable bonds is 2. The zero-order valence-corrected chi connectivity index (χ0v) is 13.1. The van der Waals surface area contributed by atoms with Gasteiger partial charge in [-0.15, -0.1) is 16.4 Å². The molecule has 22 heavy (non-hydrogen) atoms. The zero-order chi connectivity index (χ0) is 14.9. The van der Waals surface area contributed by atoms with Gasteiger partial charge in [-0.1, -0.05) is 60.1 Å². The van der Waals surface area contributed by atoms with E-state index < -0.39 is 0 Å². The molecule has 0 unspecified atom stereocenters. The third-order valence-corrected chi connectivity index (χ3v) is 4.76. The van der Waals surface area contributed by atoms with Crippen molar-refractivity contribution in [2.75, 3.05) is 0 Å². The van der Waals surface area contributed by atoms with Gasteiger partial charge in [0, 0.05) is 16.0 Å². The average molecular weight is 323 g/mol. The minimum absolute atomic E-state index is 0.755. The van der Waals surface area contributed by atoms with Crippen molar-refractivity contribution in [3.63, 3.8) is 0 Å². The Labute approximate surface area is 137 Å². The Morgan fingerprint density at radius 1 is 0.773 bits per heavy atom. The summed E-state index contributed by atoms with van der Waals surface area (Å²) in [6.45, 7) is 0. The van der Waals surface area contributed by atoms with Crippen LogP contribution in [0.2, 0.25) is 4.34 Å². The Kier molecular flexibility index (Phi) is 3.37. The minimum atomic E-state index is 0.755. The van der Waals surface area contributed by atoms with Gasteiger partial charge in [0.15, 0.2) is 0 Å². The zero-order valence-electron chi connectivity index (χ0n) is 11.5. The summed E-state index contributed by atoms with van der Waals surface area (Å²) >= 11 is 7.41. The van der Waals surface area contributed by atoms with Crippen molar-refractivity contribution in [2.45, 2.75) is 0 Å². The lowest BCUT2D eigenvalue weighted by molar-refractivity contribution is 1.25. The molecule has 0 radical (unpaired) electrons. The molecule has 2 nitrogen and oxygen atoms in total. The van der Waals surface area contributed by atoms with Gasteiger partial charge < -0.3 is 0 Å². The van der Waals surface area contributed by atoms with E-state index in [1.54, 1.807) is 6.21 Å². The molecule has 0 bridgehead atoms. The van der Waals surface area contributed by atoms with Gasteiger partial charge >= 0.3 is 0 Å². The van der Waals surface area contributed by atoms with Gasteiger partial charge in [0.2, 0.25) is 0 Å². The van der Waals surface area contributed by atoms with Crippen LogP contribution < -0.4 is 0 Å². The largest absolute Gasteiger partial charge is 0.157 e. The van der Waals surface area contributed by atoms with Crippen LogP contribution in [0.1, 0.15) is 16.0 Å². The van der Waals surface area contributed by atoms with Crippen LogP contribution >= 0.6 is 22.9 Å². The average Bonchev–Trinajstić information content (AvgIpc) is 3.10. The first-order chi connectivity index (χ1) is 10.8. The summed E-state index contributed by atoms with van der Waals surface area (Å²) < 4.78 is 0.755. The Morgan fingerprint density at radius 2 is 1.36 bits per heavy atom. The molecule has 2 aromatic carbocycles. The van der Waals surface area contributed by atoms with Crippen LogP contribution in [0.5, 0.6) is 0 Å². The highest BCUT2D eigenvalue weighted by molar-refractivity contribution is 7.17. The number of thiophene rings is 1. The van der Waals surface area contributed by atoms with Crippen molar-refractivity contribution in [1.82, 2.24) is 0 Å². The predicted molar refractivity (Wildman–Crippen MR) is 94.4 cm³/mol. The molecule has 4 heteroatoms. The van der Waals surface area contributed by atoms with Gasteiger partial charge in [-0.25, -0.2) is 0 Å². The molecule has 0 N–H and O–H groups in total. The third kappa shape index (κ3) is 2.28. The third-order valence-electron chi connectivity index (χ3n) is 3.59. The quantitative estimate of drug-likeness (QED) is 0.355. The minimum Gasteiger partial charge on any atom is -0.157 e. The molecule has 0 saturated carbocycles. The van der Waals surface area contributed by atoms with Gasteiger partial charge in [-0.2, -0.15) is 5.10 Å². The fourth-order valence-corrected chi connectivity index (χ4v) is 3.57. The van der Waals surface area contributed by atoms with E-state index in [0.717, 1.165) is 26.1 Å². The Morgan fingerprint density at radius 3 is 1.91 bits per heavy atom. The molecule has 0 saturated heterocycles. The molecule has 0 amide bonds. The highest BCUT2D eigenvalue weighted by Gasteiger charge is 2.23. The molecule has 3 aromatic rings. The van der Waals surface area contributed by atoms with E-state index in [2.05, 4.69) is 46.6 Å². The number of halogens is 1. The Balaban J connectivity index is 1.78. The summed E-state index contributed by atoms with van der Waals surface area (Å²) in [6, 6.07) is 20.4. The SMILES string of the molecule is Clc1ccc(/C=N/N=C2c3ccccc3-c3ccccc32)s1. The second-order valence-corrected chi connectivity index (χ2v) is 6.67. The van der Waals surface area contributed by atoms with Crippen LogP contribution in [0.25, 0.3) is 11.1 Å². The fraction of sp³-hybridized carbons (Fsp3) is 0. The normalized spacial score (nSPS) is 12.5. The van der Waals surface area contributed by atoms with Gasteiger partial charge in [-0.3, -0.25) is 0 Å². The summed E-state index contributed by atoms with van der Waals surface area (Å²) in [6.07, 6.45) is 1.74. The van der Waals surface area contributed by atoms with E-state index in [1.807, 2.05) is 24.3 Å². The molecule has 1 aromatic heterocycles. The second-order valence-electron chi connectivity index (χ2n) is 4.93. The predicted octanol–water partition coefficient (Wildman–Crippen LogP) is 5.25. The summed E-state index contributed by atoms with van der Waals surface area (Å²) in [5, 5.41) is 8.71. The molecule has 4 rings (SSSR count). The standard InChI is InChI=1S/C18H11ClN2S/c19-17-10-9-12(22-17)11-20-21-18-15-7-3-1-5-13(15)14-6-2-4-8-16(14)18/h1-11H/b20-11+. The van der Waals surface area contributed by atoms with Crippen molar-refractivity contribution in [3.8, 4) is 11.1 Å². The number of hydrogen-bond acceptors (Lipinski definition) is 3. The lowest BCUT2D eigenvalue weighted by Crippen LogP contribution is -1.96. The van der Waals surface area contributed by atoms with E-state index in [9.17, 15) is 0 Å². The van der Waals surface area contributed by atoms with Crippen molar-refractivity contribution < 1.29 is 0 Å². The van der Waals surface area contributed by atoms with E-state index in [4.69, 9.17) is 11.6 Å².